The highest BCUT2D eigenvalue weighted by atomic mass is 35.5. The van der Waals surface area contributed by atoms with E-state index in [0.717, 1.165) is 15.9 Å². The van der Waals surface area contributed by atoms with Crippen LogP contribution in [0.2, 0.25) is 10.0 Å². The third-order valence-electron chi connectivity index (χ3n) is 3.86. The molecule has 0 bridgehead atoms. The first-order valence-corrected chi connectivity index (χ1v) is 7.90. The minimum absolute atomic E-state index is 0.245. The van der Waals surface area contributed by atoms with Crippen LogP contribution in [-0.2, 0) is 11.2 Å². The summed E-state index contributed by atoms with van der Waals surface area (Å²) in [5.41, 5.74) is 3.36. The fraction of sp³-hybridized carbons (Fsp3) is 0.176. The predicted octanol–water partition coefficient (Wildman–Crippen LogP) is 4.22. The lowest BCUT2D eigenvalue weighted by molar-refractivity contribution is 0.0601. The molecule has 1 N–H and O–H groups in total. The van der Waals surface area contributed by atoms with Gasteiger partial charge in [-0.1, -0.05) is 23.2 Å². The normalized spacial score (nSPS) is 11.0. The van der Waals surface area contributed by atoms with Gasteiger partial charge in [-0.3, -0.25) is 0 Å². The maximum absolute atomic E-state index is 11.8. The molecular formula is C17H14Cl2N2O3. The number of aryl methyl sites for hydroxylation is 1. The number of ether oxygens (including phenoxy) is 1. The van der Waals surface area contributed by atoms with Crippen LogP contribution in [0.1, 0.15) is 27.2 Å². The van der Waals surface area contributed by atoms with Gasteiger partial charge in [-0.25, -0.2) is 9.78 Å². The average molecular weight is 365 g/mol. The first-order chi connectivity index (χ1) is 11.4. The van der Waals surface area contributed by atoms with Gasteiger partial charge >= 0.3 is 5.97 Å². The zero-order valence-electron chi connectivity index (χ0n) is 13.0. The van der Waals surface area contributed by atoms with Crippen LogP contribution in [0.3, 0.4) is 0 Å². The number of pyridine rings is 1. The summed E-state index contributed by atoms with van der Waals surface area (Å²) in [5, 5.41) is 10.6. The topological polar surface area (TPSA) is 64.3 Å². The molecule has 2 aliphatic rings. The second-order valence-electron chi connectivity index (χ2n) is 5.38. The van der Waals surface area contributed by atoms with Gasteiger partial charge in [0.1, 0.15) is 0 Å². The smallest absolute Gasteiger partial charge is 0.339 e. The third kappa shape index (κ3) is 2.81. The first-order valence-electron chi connectivity index (χ1n) is 7.14. The summed E-state index contributed by atoms with van der Waals surface area (Å²) in [6.45, 7) is 1.94. The Morgan fingerprint density at radius 2 is 2.08 bits per heavy atom. The number of benzene rings is 1. The van der Waals surface area contributed by atoms with Crippen molar-refractivity contribution < 1.29 is 14.7 Å². The number of hydrogen-bond acceptors (Lipinski definition) is 4. The van der Waals surface area contributed by atoms with Crippen molar-refractivity contribution in [1.29, 1.82) is 0 Å². The van der Waals surface area contributed by atoms with Gasteiger partial charge in [0.05, 0.1) is 17.7 Å². The Kier molecular flexibility index (Phi) is 4.39. The van der Waals surface area contributed by atoms with Gasteiger partial charge in [-0.2, -0.15) is 4.73 Å². The van der Waals surface area contributed by atoms with Crippen molar-refractivity contribution in [3.63, 3.8) is 0 Å². The van der Waals surface area contributed by atoms with Crippen molar-refractivity contribution in [2.75, 3.05) is 7.11 Å². The van der Waals surface area contributed by atoms with E-state index in [2.05, 4.69) is 4.98 Å². The lowest BCUT2D eigenvalue weighted by atomic mass is 10.0. The van der Waals surface area contributed by atoms with Crippen LogP contribution >= 0.6 is 23.2 Å². The fourth-order valence-corrected chi connectivity index (χ4v) is 3.15. The summed E-state index contributed by atoms with van der Waals surface area (Å²) in [6, 6.07) is 6.80. The van der Waals surface area contributed by atoms with E-state index in [-0.39, 0.29) is 10.6 Å². The highest BCUT2D eigenvalue weighted by Crippen LogP contribution is 2.33. The van der Waals surface area contributed by atoms with Crippen LogP contribution in [0.25, 0.3) is 11.4 Å². The molecule has 3 rings (SSSR count). The molecule has 0 saturated carbocycles. The van der Waals surface area contributed by atoms with E-state index in [1.165, 1.54) is 19.4 Å². The van der Waals surface area contributed by atoms with Gasteiger partial charge in [0.25, 0.3) is 0 Å². The molecule has 2 heterocycles. The van der Waals surface area contributed by atoms with Gasteiger partial charge in [-0.05, 0) is 42.3 Å². The standard InChI is InChI=1S/C17H14Cl2N2O3/c1-9-5-6-21(23)16-12(9)7-10(20-16)8-13-14(18)4-3-11(15(13)19)17(22)24-2/h3-7,23H,8H2,1-2H3. The molecule has 0 amide bonds. The van der Waals surface area contributed by atoms with E-state index in [1.54, 1.807) is 12.1 Å². The number of carbonyl (C=O) groups is 1. The molecule has 0 aliphatic carbocycles. The highest BCUT2D eigenvalue weighted by Gasteiger charge is 2.20. The van der Waals surface area contributed by atoms with E-state index in [4.69, 9.17) is 27.9 Å². The first kappa shape index (κ1) is 16.6. The number of fused-ring (bicyclic) bond motifs is 1. The average Bonchev–Trinajstić information content (AvgIpc) is 2.99. The van der Waals surface area contributed by atoms with Crippen molar-refractivity contribution in [2.45, 2.75) is 13.3 Å². The van der Waals surface area contributed by atoms with E-state index < -0.39 is 5.97 Å². The quantitative estimate of drug-likeness (QED) is 0.558. The van der Waals surface area contributed by atoms with Crippen LogP contribution in [0, 0.1) is 6.92 Å². The molecule has 0 unspecified atom stereocenters. The SMILES string of the molecule is COC(=O)c1ccc(Cl)c(Cc2cc3c(C)ccn(O)c-3n2)c1Cl. The molecule has 124 valence electrons. The second kappa shape index (κ2) is 6.34. The summed E-state index contributed by atoms with van der Waals surface area (Å²) >= 11 is 12.6. The number of methoxy groups -OCH3 is 1. The number of carbonyl (C=O) groups excluding carboxylic acids is 1. The summed E-state index contributed by atoms with van der Waals surface area (Å²) in [7, 11) is 1.29. The maximum Gasteiger partial charge on any atom is 0.339 e. The Morgan fingerprint density at radius 1 is 1.33 bits per heavy atom. The molecule has 0 spiro atoms. The van der Waals surface area contributed by atoms with Crippen molar-refractivity contribution in [2.24, 2.45) is 0 Å². The van der Waals surface area contributed by atoms with Crippen molar-refractivity contribution in [1.82, 2.24) is 9.71 Å². The van der Waals surface area contributed by atoms with Crippen LogP contribution in [0.5, 0.6) is 0 Å². The Morgan fingerprint density at radius 3 is 2.75 bits per heavy atom. The number of aromatic nitrogens is 2. The van der Waals surface area contributed by atoms with Crippen molar-refractivity contribution in [3.05, 3.63) is 62.9 Å². The minimum Gasteiger partial charge on any atom is -0.465 e. The van der Waals surface area contributed by atoms with Gasteiger partial charge in [0, 0.05) is 28.9 Å². The zero-order valence-corrected chi connectivity index (χ0v) is 14.5. The molecule has 0 aromatic heterocycles. The number of rotatable bonds is 3. The van der Waals surface area contributed by atoms with Gasteiger partial charge < -0.3 is 9.94 Å². The lowest BCUT2D eigenvalue weighted by Crippen LogP contribution is -2.04. The molecule has 0 atom stereocenters. The number of halogens is 2. The molecule has 0 saturated heterocycles. The Balaban J connectivity index is 2.06. The molecule has 5 nitrogen and oxygen atoms in total. The molecule has 0 fully saturated rings. The predicted molar refractivity (Wildman–Crippen MR) is 91.4 cm³/mol. The Bertz CT molecular complexity index is 869. The summed E-state index contributed by atoms with van der Waals surface area (Å²) < 4.78 is 5.70. The molecule has 2 aliphatic heterocycles. The van der Waals surface area contributed by atoms with Gasteiger partial charge in [-0.15, -0.1) is 0 Å². The summed E-state index contributed by atoms with van der Waals surface area (Å²) in [4.78, 5) is 16.2. The Hall–Kier alpha value is -2.24. The second-order valence-corrected chi connectivity index (χ2v) is 6.17. The summed E-state index contributed by atoms with van der Waals surface area (Å²) in [5.74, 6) is -0.0658. The monoisotopic (exact) mass is 364 g/mol. The van der Waals surface area contributed by atoms with Crippen LogP contribution < -0.4 is 0 Å². The molecule has 24 heavy (non-hydrogen) atoms. The zero-order chi connectivity index (χ0) is 17.4. The highest BCUT2D eigenvalue weighted by molar-refractivity contribution is 6.38. The summed E-state index contributed by atoms with van der Waals surface area (Å²) in [6.07, 6.45) is 1.86. The fourth-order valence-electron chi connectivity index (χ4n) is 2.57. The van der Waals surface area contributed by atoms with E-state index in [9.17, 15) is 10.0 Å². The van der Waals surface area contributed by atoms with E-state index in [1.807, 2.05) is 13.0 Å². The van der Waals surface area contributed by atoms with Crippen LogP contribution in [0.4, 0.5) is 0 Å². The van der Waals surface area contributed by atoms with Gasteiger partial charge in [0.2, 0.25) is 0 Å². The minimum atomic E-state index is -0.525. The number of esters is 1. The van der Waals surface area contributed by atoms with Gasteiger partial charge in [0.15, 0.2) is 5.82 Å². The molecule has 7 heteroatoms. The molecule has 0 radical (unpaired) electrons. The van der Waals surface area contributed by atoms with E-state index in [0.29, 0.717) is 28.5 Å². The van der Waals surface area contributed by atoms with E-state index >= 15 is 0 Å². The van der Waals surface area contributed by atoms with Crippen molar-refractivity contribution in [3.8, 4) is 11.4 Å². The lowest BCUT2D eigenvalue weighted by Gasteiger charge is -2.09. The molecule has 1 aromatic rings. The van der Waals surface area contributed by atoms with Crippen molar-refractivity contribution >= 4 is 29.2 Å². The number of hydrogen-bond donors (Lipinski definition) is 1. The number of nitrogens with zero attached hydrogens (tertiary/aromatic N) is 2. The Labute approximate surface area is 148 Å². The third-order valence-corrected chi connectivity index (χ3v) is 4.64. The molecule has 1 aromatic carbocycles. The largest absolute Gasteiger partial charge is 0.465 e. The maximum atomic E-state index is 11.8. The molecular weight excluding hydrogens is 351 g/mol. The van der Waals surface area contributed by atoms with Crippen LogP contribution in [0.15, 0.2) is 30.5 Å². The van der Waals surface area contributed by atoms with Crippen LogP contribution in [-0.4, -0.2) is 28.0 Å².